The summed E-state index contributed by atoms with van der Waals surface area (Å²) in [5.41, 5.74) is 0.110. The minimum absolute atomic E-state index is 0.110. The van der Waals surface area contributed by atoms with Gasteiger partial charge in [0, 0.05) is 37.1 Å². The molecule has 0 bridgehead atoms. The third kappa shape index (κ3) is 3.96. The van der Waals surface area contributed by atoms with Crippen LogP contribution in [0.1, 0.15) is 40.5 Å². The van der Waals surface area contributed by atoms with Crippen molar-refractivity contribution in [1.29, 1.82) is 0 Å². The molecule has 0 saturated carbocycles. The monoisotopic (exact) mass is 242 g/mol. The Balaban J connectivity index is 2.71. The Bertz CT molecular complexity index is 273. The van der Waals surface area contributed by atoms with Crippen molar-refractivity contribution < 1.29 is 9.90 Å². The molecule has 0 amide bonds. The van der Waals surface area contributed by atoms with E-state index in [4.69, 9.17) is 5.11 Å². The maximum atomic E-state index is 10.7. The number of rotatable bonds is 3. The Labute approximate surface area is 105 Å². The molecule has 1 N–H and O–H groups in total. The first-order valence-electron chi connectivity index (χ1n) is 6.40. The number of aliphatic carboxylic acids is 1. The minimum atomic E-state index is -0.694. The van der Waals surface area contributed by atoms with E-state index in [1.54, 1.807) is 0 Å². The topological polar surface area (TPSA) is 43.8 Å². The van der Waals surface area contributed by atoms with Crippen molar-refractivity contribution in [3.8, 4) is 0 Å². The predicted octanol–water partition coefficient (Wildman–Crippen LogP) is 1.65. The van der Waals surface area contributed by atoms with E-state index in [9.17, 15) is 4.79 Å². The van der Waals surface area contributed by atoms with Gasteiger partial charge in [-0.25, -0.2) is 0 Å². The van der Waals surface area contributed by atoms with Gasteiger partial charge in [-0.1, -0.05) is 0 Å². The summed E-state index contributed by atoms with van der Waals surface area (Å²) in [5.74, 6) is -0.694. The van der Waals surface area contributed by atoms with Crippen LogP contribution in [0.2, 0.25) is 0 Å². The first-order chi connectivity index (χ1) is 7.71. The van der Waals surface area contributed by atoms with Crippen molar-refractivity contribution in [2.24, 2.45) is 0 Å². The lowest BCUT2D eigenvalue weighted by Crippen LogP contribution is -2.61. The quantitative estimate of drug-likeness (QED) is 0.817. The Morgan fingerprint density at radius 2 is 1.94 bits per heavy atom. The summed E-state index contributed by atoms with van der Waals surface area (Å²) in [6, 6.07) is 0.891. The molecule has 0 aliphatic carbocycles. The van der Waals surface area contributed by atoms with Gasteiger partial charge in [-0.3, -0.25) is 9.69 Å². The molecular formula is C13H26N2O2. The molecule has 4 heteroatoms. The van der Waals surface area contributed by atoms with Crippen molar-refractivity contribution in [2.45, 2.75) is 58.2 Å². The van der Waals surface area contributed by atoms with E-state index in [1.807, 2.05) is 0 Å². The number of piperazine rings is 1. The Hall–Kier alpha value is -0.610. The molecule has 100 valence electrons. The summed E-state index contributed by atoms with van der Waals surface area (Å²) >= 11 is 0. The van der Waals surface area contributed by atoms with Gasteiger partial charge >= 0.3 is 5.97 Å². The molecule has 0 aromatic heterocycles. The Kier molecular flexibility index (Phi) is 4.55. The molecule has 1 aliphatic rings. The van der Waals surface area contributed by atoms with Crippen molar-refractivity contribution in [2.75, 3.05) is 20.1 Å². The lowest BCUT2D eigenvalue weighted by atomic mass is 9.95. The minimum Gasteiger partial charge on any atom is -0.481 e. The van der Waals surface area contributed by atoms with Gasteiger partial charge in [0.15, 0.2) is 0 Å². The molecule has 1 aliphatic heterocycles. The fraction of sp³-hybridized carbons (Fsp3) is 0.923. The van der Waals surface area contributed by atoms with Crippen LogP contribution >= 0.6 is 0 Å². The summed E-state index contributed by atoms with van der Waals surface area (Å²) in [5, 5.41) is 8.82. The van der Waals surface area contributed by atoms with Gasteiger partial charge in [0.2, 0.25) is 0 Å². The standard InChI is InChI=1S/C13H26N2O2/c1-10-8-15(13(2,3)4)11(9-14(10)5)6-7-12(16)17/h10-11H,6-9H2,1-5H3,(H,16,17). The highest BCUT2D eigenvalue weighted by atomic mass is 16.4. The van der Waals surface area contributed by atoms with Crippen LogP contribution in [-0.2, 0) is 4.79 Å². The molecule has 0 aromatic rings. The van der Waals surface area contributed by atoms with Crippen LogP contribution in [0.25, 0.3) is 0 Å². The average molecular weight is 242 g/mol. The van der Waals surface area contributed by atoms with Crippen molar-refractivity contribution >= 4 is 5.97 Å². The summed E-state index contributed by atoms with van der Waals surface area (Å²) in [7, 11) is 2.12. The smallest absolute Gasteiger partial charge is 0.303 e. The molecule has 1 rings (SSSR count). The second-order valence-electron chi connectivity index (χ2n) is 6.20. The SMILES string of the molecule is CC1CN(C(C)(C)C)C(CCC(=O)O)CN1C. The molecule has 0 aromatic carbocycles. The summed E-state index contributed by atoms with van der Waals surface area (Å²) < 4.78 is 0. The number of hydrogen-bond acceptors (Lipinski definition) is 3. The molecule has 1 fully saturated rings. The zero-order valence-corrected chi connectivity index (χ0v) is 11.7. The van der Waals surface area contributed by atoms with Gasteiger partial charge in [-0.05, 0) is 41.2 Å². The maximum Gasteiger partial charge on any atom is 0.303 e. The highest BCUT2D eigenvalue weighted by Gasteiger charge is 2.35. The summed E-state index contributed by atoms with van der Waals surface area (Å²) in [6.45, 7) is 10.8. The molecule has 4 nitrogen and oxygen atoms in total. The van der Waals surface area contributed by atoms with E-state index < -0.39 is 5.97 Å². The highest BCUT2D eigenvalue weighted by molar-refractivity contribution is 5.66. The van der Waals surface area contributed by atoms with E-state index >= 15 is 0 Å². The van der Waals surface area contributed by atoms with Crippen LogP contribution in [-0.4, -0.2) is 58.6 Å². The van der Waals surface area contributed by atoms with Crippen LogP contribution < -0.4 is 0 Å². The molecule has 1 heterocycles. The third-order valence-electron chi connectivity index (χ3n) is 3.71. The van der Waals surface area contributed by atoms with Crippen LogP contribution in [0.4, 0.5) is 0 Å². The van der Waals surface area contributed by atoms with Gasteiger partial charge in [0.25, 0.3) is 0 Å². The number of hydrogen-bond donors (Lipinski definition) is 1. The van der Waals surface area contributed by atoms with Gasteiger partial charge in [0.1, 0.15) is 0 Å². The number of nitrogens with zero attached hydrogens (tertiary/aromatic N) is 2. The van der Waals surface area contributed by atoms with Crippen LogP contribution in [0.15, 0.2) is 0 Å². The second kappa shape index (κ2) is 5.36. The lowest BCUT2D eigenvalue weighted by molar-refractivity contribution is -0.137. The van der Waals surface area contributed by atoms with E-state index in [2.05, 4.69) is 44.5 Å². The molecular weight excluding hydrogens is 216 g/mol. The molecule has 2 unspecified atom stereocenters. The van der Waals surface area contributed by atoms with Crippen molar-refractivity contribution in [3.63, 3.8) is 0 Å². The lowest BCUT2D eigenvalue weighted by Gasteiger charge is -2.50. The molecule has 2 atom stereocenters. The summed E-state index contributed by atoms with van der Waals surface area (Å²) in [4.78, 5) is 15.5. The predicted molar refractivity (Wildman–Crippen MR) is 69.2 cm³/mol. The molecule has 0 radical (unpaired) electrons. The first kappa shape index (κ1) is 14.5. The van der Waals surface area contributed by atoms with Gasteiger partial charge in [0.05, 0.1) is 0 Å². The van der Waals surface area contributed by atoms with E-state index in [0.29, 0.717) is 12.1 Å². The molecule has 0 spiro atoms. The van der Waals surface area contributed by atoms with Crippen molar-refractivity contribution in [3.05, 3.63) is 0 Å². The van der Waals surface area contributed by atoms with Crippen LogP contribution in [0, 0.1) is 0 Å². The van der Waals surface area contributed by atoms with Gasteiger partial charge in [-0.15, -0.1) is 0 Å². The fourth-order valence-corrected chi connectivity index (χ4v) is 2.54. The highest BCUT2D eigenvalue weighted by Crippen LogP contribution is 2.25. The van der Waals surface area contributed by atoms with E-state index in [-0.39, 0.29) is 12.0 Å². The maximum absolute atomic E-state index is 10.7. The molecule has 1 saturated heterocycles. The van der Waals surface area contributed by atoms with E-state index in [1.165, 1.54) is 0 Å². The number of carbonyl (C=O) groups is 1. The van der Waals surface area contributed by atoms with E-state index in [0.717, 1.165) is 19.5 Å². The second-order valence-corrected chi connectivity index (χ2v) is 6.20. The number of carboxylic acid groups (broad SMARTS) is 1. The zero-order chi connectivity index (χ0) is 13.2. The largest absolute Gasteiger partial charge is 0.481 e. The average Bonchev–Trinajstić information content (AvgIpc) is 2.17. The van der Waals surface area contributed by atoms with Gasteiger partial charge in [-0.2, -0.15) is 0 Å². The van der Waals surface area contributed by atoms with Crippen molar-refractivity contribution in [1.82, 2.24) is 9.80 Å². The number of carboxylic acids is 1. The zero-order valence-electron chi connectivity index (χ0n) is 11.7. The normalized spacial score (nSPS) is 28.3. The first-order valence-corrected chi connectivity index (χ1v) is 6.40. The van der Waals surface area contributed by atoms with Gasteiger partial charge < -0.3 is 10.0 Å². The van der Waals surface area contributed by atoms with Crippen LogP contribution in [0.3, 0.4) is 0 Å². The Morgan fingerprint density at radius 1 is 1.35 bits per heavy atom. The number of likely N-dealkylation sites (N-methyl/N-ethyl adjacent to an activating group) is 1. The Morgan fingerprint density at radius 3 is 2.41 bits per heavy atom. The third-order valence-corrected chi connectivity index (χ3v) is 3.71. The fourth-order valence-electron chi connectivity index (χ4n) is 2.54. The van der Waals surface area contributed by atoms with Crippen LogP contribution in [0.5, 0.6) is 0 Å². The molecule has 17 heavy (non-hydrogen) atoms. The summed E-state index contributed by atoms with van der Waals surface area (Å²) in [6.07, 6.45) is 1.00.